The maximum absolute atomic E-state index is 10.3. The first-order valence-electron chi connectivity index (χ1n) is 8.52. The number of aliphatic hydroxyl groups excluding tert-OH is 2. The molecule has 4 aliphatic rings. The second-order valence-corrected chi connectivity index (χ2v) is 8.88. The molecule has 3 nitrogen and oxygen atoms in total. The summed E-state index contributed by atoms with van der Waals surface area (Å²) in [5, 5.41) is 20.5. The van der Waals surface area contributed by atoms with Crippen molar-refractivity contribution in [1.82, 2.24) is 0 Å². The minimum absolute atomic E-state index is 0. The van der Waals surface area contributed by atoms with Crippen molar-refractivity contribution in [3.63, 3.8) is 0 Å². The van der Waals surface area contributed by atoms with E-state index in [0.29, 0.717) is 41.4 Å². The van der Waals surface area contributed by atoms with Crippen molar-refractivity contribution in [3.8, 4) is 0 Å². The summed E-state index contributed by atoms with van der Waals surface area (Å²) in [5.41, 5.74) is -0.178. The molecule has 0 amide bonds. The molecule has 0 spiro atoms. The van der Waals surface area contributed by atoms with Crippen molar-refractivity contribution in [1.29, 1.82) is 0 Å². The van der Waals surface area contributed by atoms with Crippen molar-refractivity contribution in [2.45, 2.75) is 65.3 Å². The maximum Gasteiger partial charge on any atom is 0.100 e. The van der Waals surface area contributed by atoms with E-state index in [1.54, 1.807) is 0 Å². The van der Waals surface area contributed by atoms with Crippen molar-refractivity contribution in [2.24, 2.45) is 41.4 Å². The zero-order valence-corrected chi connectivity index (χ0v) is 13.3. The SMILES string of the molecule is C.C=C(OC(C)(C)C)C1CC2CC1C1C2C2CC1[C@H](O)[C@@H]2O. The molecule has 2 N–H and O–H groups in total. The fraction of sp³-hybridized carbons (Fsp3) is 0.895. The molecule has 0 saturated heterocycles. The smallest absolute Gasteiger partial charge is 0.100 e. The van der Waals surface area contributed by atoms with Gasteiger partial charge in [0.1, 0.15) is 5.60 Å². The summed E-state index contributed by atoms with van der Waals surface area (Å²) in [6.07, 6.45) is 2.49. The standard InChI is InChI=1S/C18H28O3.CH4/c1-8(21-18(2,3)4)10-5-9-6-11(10)15-13-7-12(14(9)15)16(19)17(13)20;/h9-17,19-20H,1,5-7H2,2-4H3;1H4/t9?,10?,11?,12?,13?,14?,15?,16-,17+;/m1./s1. The van der Waals surface area contributed by atoms with Crippen molar-refractivity contribution >= 4 is 0 Å². The average molecular weight is 308 g/mol. The fourth-order valence-corrected chi connectivity index (χ4v) is 6.40. The second-order valence-electron chi connectivity index (χ2n) is 8.88. The molecule has 0 aliphatic heterocycles. The van der Waals surface area contributed by atoms with Crippen LogP contribution in [0.5, 0.6) is 0 Å². The summed E-state index contributed by atoms with van der Waals surface area (Å²) in [7, 11) is 0. The van der Waals surface area contributed by atoms with Crippen LogP contribution >= 0.6 is 0 Å². The van der Waals surface area contributed by atoms with Crippen LogP contribution in [-0.4, -0.2) is 28.0 Å². The molecule has 9 atom stereocenters. The van der Waals surface area contributed by atoms with E-state index < -0.39 is 12.2 Å². The van der Waals surface area contributed by atoms with Crippen LogP contribution in [-0.2, 0) is 4.74 Å². The molecule has 0 aromatic rings. The highest BCUT2D eigenvalue weighted by Gasteiger charge is 2.67. The number of fused-ring (bicyclic) bond motifs is 9. The third kappa shape index (κ3) is 2.08. The Balaban J connectivity index is 0.00000144. The third-order valence-corrected chi connectivity index (χ3v) is 6.74. The molecule has 0 aromatic heterocycles. The molecule has 126 valence electrons. The molecule has 0 heterocycles. The van der Waals surface area contributed by atoms with Gasteiger partial charge in [0, 0.05) is 5.92 Å². The van der Waals surface area contributed by atoms with Crippen LogP contribution < -0.4 is 0 Å². The van der Waals surface area contributed by atoms with Crippen LogP contribution in [0.15, 0.2) is 12.3 Å². The quantitative estimate of drug-likeness (QED) is 0.608. The lowest BCUT2D eigenvalue weighted by atomic mass is 9.65. The van der Waals surface area contributed by atoms with Gasteiger partial charge in [0.2, 0.25) is 0 Å². The number of hydrogen-bond donors (Lipinski definition) is 2. The Hall–Kier alpha value is -0.540. The number of aliphatic hydroxyl groups is 2. The van der Waals surface area contributed by atoms with E-state index in [2.05, 4.69) is 27.4 Å². The van der Waals surface area contributed by atoms with E-state index in [0.717, 1.165) is 12.2 Å². The van der Waals surface area contributed by atoms with Crippen LogP contribution in [0, 0.1) is 41.4 Å². The molecule has 4 saturated carbocycles. The Bertz CT molecular complexity index is 466. The zero-order chi connectivity index (χ0) is 15.1. The molecule has 4 fully saturated rings. The lowest BCUT2D eigenvalue weighted by Crippen LogP contribution is -2.46. The largest absolute Gasteiger partial charge is 0.493 e. The first kappa shape index (κ1) is 16.3. The summed E-state index contributed by atoms with van der Waals surface area (Å²) < 4.78 is 6.04. The van der Waals surface area contributed by atoms with Crippen LogP contribution in [0.3, 0.4) is 0 Å². The molecular weight excluding hydrogens is 276 g/mol. The summed E-state index contributed by atoms with van der Waals surface area (Å²) in [6.45, 7) is 10.4. The van der Waals surface area contributed by atoms with E-state index in [-0.39, 0.29) is 13.0 Å². The third-order valence-electron chi connectivity index (χ3n) is 6.74. The van der Waals surface area contributed by atoms with Crippen molar-refractivity contribution in [3.05, 3.63) is 12.3 Å². The van der Waals surface area contributed by atoms with Gasteiger partial charge in [0.05, 0.1) is 18.0 Å². The topological polar surface area (TPSA) is 49.7 Å². The Morgan fingerprint density at radius 2 is 1.55 bits per heavy atom. The molecule has 4 aliphatic carbocycles. The van der Waals surface area contributed by atoms with E-state index in [1.807, 2.05) is 0 Å². The highest BCUT2D eigenvalue weighted by Crippen LogP contribution is 2.69. The summed E-state index contributed by atoms with van der Waals surface area (Å²) in [4.78, 5) is 0. The van der Waals surface area contributed by atoms with Gasteiger partial charge in [-0.15, -0.1) is 0 Å². The van der Waals surface area contributed by atoms with Gasteiger partial charge in [-0.1, -0.05) is 14.0 Å². The number of rotatable bonds is 2. The van der Waals surface area contributed by atoms with Crippen LogP contribution in [0.25, 0.3) is 0 Å². The van der Waals surface area contributed by atoms with E-state index >= 15 is 0 Å². The lowest BCUT2D eigenvalue weighted by molar-refractivity contribution is -0.0783. The van der Waals surface area contributed by atoms with Gasteiger partial charge >= 0.3 is 0 Å². The van der Waals surface area contributed by atoms with Crippen molar-refractivity contribution in [2.75, 3.05) is 0 Å². The van der Waals surface area contributed by atoms with E-state index in [4.69, 9.17) is 4.74 Å². The summed E-state index contributed by atoms with van der Waals surface area (Å²) >= 11 is 0. The van der Waals surface area contributed by atoms with Gasteiger partial charge in [-0.3, -0.25) is 0 Å². The Kier molecular flexibility index (Phi) is 3.69. The minimum Gasteiger partial charge on any atom is -0.493 e. The monoisotopic (exact) mass is 308 g/mol. The summed E-state index contributed by atoms with van der Waals surface area (Å²) in [6, 6.07) is 0. The Labute approximate surface area is 134 Å². The van der Waals surface area contributed by atoms with Gasteiger partial charge in [0.15, 0.2) is 0 Å². The van der Waals surface area contributed by atoms with Gasteiger partial charge in [0.25, 0.3) is 0 Å². The van der Waals surface area contributed by atoms with E-state index in [9.17, 15) is 10.2 Å². The number of hydrogen-bond acceptors (Lipinski definition) is 3. The minimum atomic E-state index is -0.493. The predicted octanol–water partition coefficient (Wildman–Crippen LogP) is 3.21. The molecule has 4 rings (SSSR count). The van der Waals surface area contributed by atoms with Gasteiger partial charge in [-0.2, -0.15) is 0 Å². The molecule has 4 bridgehead atoms. The average Bonchev–Trinajstić information content (AvgIpc) is 3.07. The van der Waals surface area contributed by atoms with Crippen LogP contribution in [0.4, 0.5) is 0 Å². The summed E-state index contributed by atoms with van der Waals surface area (Å²) in [5.74, 6) is 4.65. The highest BCUT2D eigenvalue weighted by atomic mass is 16.5. The van der Waals surface area contributed by atoms with E-state index in [1.165, 1.54) is 12.8 Å². The Morgan fingerprint density at radius 3 is 2.14 bits per heavy atom. The maximum atomic E-state index is 10.3. The van der Waals surface area contributed by atoms with Gasteiger partial charge in [-0.25, -0.2) is 0 Å². The number of ether oxygens (including phenoxy) is 1. The fourth-order valence-electron chi connectivity index (χ4n) is 6.40. The van der Waals surface area contributed by atoms with Gasteiger partial charge in [-0.05, 0) is 75.5 Å². The normalized spacial score (nSPS) is 51.6. The first-order chi connectivity index (χ1) is 9.78. The Morgan fingerprint density at radius 1 is 0.955 bits per heavy atom. The molecular formula is C19H32O3. The van der Waals surface area contributed by atoms with Crippen LogP contribution in [0.1, 0.15) is 47.5 Å². The molecule has 0 aromatic carbocycles. The molecule has 0 radical (unpaired) electrons. The highest BCUT2D eigenvalue weighted by molar-refractivity contribution is 5.19. The second kappa shape index (κ2) is 4.98. The lowest BCUT2D eigenvalue weighted by Gasteiger charge is -2.43. The number of allylic oxidation sites excluding steroid dienone is 1. The van der Waals surface area contributed by atoms with Crippen LogP contribution in [0.2, 0.25) is 0 Å². The van der Waals surface area contributed by atoms with Crippen molar-refractivity contribution < 1.29 is 14.9 Å². The molecule has 3 heteroatoms. The zero-order valence-electron chi connectivity index (χ0n) is 13.3. The predicted molar refractivity (Wildman–Crippen MR) is 87.0 cm³/mol. The molecule has 22 heavy (non-hydrogen) atoms. The molecule has 7 unspecified atom stereocenters. The first-order valence-corrected chi connectivity index (χ1v) is 8.52. The van der Waals surface area contributed by atoms with Gasteiger partial charge < -0.3 is 14.9 Å².